The number of aromatic nitrogens is 2. The van der Waals surface area contributed by atoms with E-state index in [1.54, 1.807) is 41.3 Å². The van der Waals surface area contributed by atoms with E-state index in [2.05, 4.69) is 17.5 Å². The molecule has 0 saturated carbocycles. The van der Waals surface area contributed by atoms with Crippen molar-refractivity contribution in [3.8, 4) is 62.7 Å². The third-order valence-electron chi connectivity index (χ3n) is 11.2. The maximum Gasteiger partial charge on any atom is 0.416 e. The van der Waals surface area contributed by atoms with E-state index in [0.29, 0.717) is 45.0 Å². The first-order valence-corrected chi connectivity index (χ1v) is 23.7. The van der Waals surface area contributed by atoms with Crippen LogP contribution in [0.15, 0.2) is 156 Å². The molecule has 1 unspecified atom stereocenters. The van der Waals surface area contributed by atoms with Crippen LogP contribution in [0, 0.1) is 22.7 Å². The van der Waals surface area contributed by atoms with Crippen molar-refractivity contribution in [2.75, 3.05) is 43.2 Å². The molecule has 0 spiro atoms. The maximum absolute atomic E-state index is 13.9. The Morgan fingerprint density at radius 1 is 0.662 bits per heavy atom. The molecule has 1 N–H and O–H groups in total. The molecule has 0 bridgehead atoms. The Labute approximate surface area is 412 Å². The third kappa shape index (κ3) is 12.2. The van der Waals surface area contributed by atoms with E-state index in [0.717, 1.165) is 53.4 Å². The fourth-order valence-electron chi connectivity index (χ4n) is 7.64. The van der Waals surface area contributed by atoms with Crippen LogP contribution in [0.5, 0.6) is 5.75 Å². The van der Waals surface area contributed by atoms with E-state index < -0.39 is 35.4 Å². The zero-order valence-electron chi connectivity index (χ0n) is 37.1. The lowest BCUT2D eigenvalue weighted by molar-refractivity contribution is -0.138. The summed E-state index contributed by atoms with van der Waals surface area (Å²) in [7, 11) is 0. The Kier molecular flexibility index (Phi) is 15.4. The van der Waals surface area contributed by atoms with Gasteiger partial charge >= 0.3 is 12.4 Å². The summed E-state index contributed by atoms with van der Waals surface area (Å²) in [4.78, 5) is 38.0. The molecule has 1 saturated heterocycles. The van der Waals surface area contributed by atoms with Crippen molar-refractivity contribution < 1.29 is 45.4 Å². The lowest BCUT2D eigenvalue weighted by Crippen LogP contribution is -2.52. The van der Waals surface area contributed by atoms with Gasteiger partial charge in [-0.2, -0.15) is 36.9 Å². The molecule has 7 aromatic rings. The number of hydrogen-bond acceptors (Lipinski definition) is 10. The molecule has 18 heteroatoms. The molecular formula is C53H38F6N6O4S2. The van der Waals surface area contributed by atoms with Gasteiger partial charge in [-0.05, 0) is 65.7 Å². The van der Waals surface area contributed by atoms with Gasteiger partial charge < -0.3 is 19.7 Å². The Morgan fingerprint density at radius 2 is 1.20 bits per heavy atom. The molecule has 1 atom stereocenters. The first-order valence-electron chi connectivity index (χ1n) is 21.7. The van der Waals surface area contributed by atoms with E-state index in [4.69, 9.17) is 19.4 Å². The van der Waals surface area contributed by atoms with Crippen LogP contribution in [0.4, 0.5) is 32.0 Å². The highest BCUT2D eigenvalue weighted by molar-refractivity contribution is 8.00. The predicted molar refractivity (Wildman–Crippen MR) is 258 cm³/mol. The average molecular weight is 1000 g/mol. The number of amides is 2. The van der Waals surface area contributed by atoms with Gasteiger partial charge in [0.25, 0.3) is 0 Å². The number of morpholine rings is 1. The van der Waals surface area contributed by atoms with Crippen LogP contribution in [-0.4, -0.2) is 70.6 Å². The maximum atomic E-state index is 13.9. The summed E-state index contributed by atoms with van der Waals surface area (Å²) >= 11 is 2.03. The first kappa shape index (κ1) is 49.8. The minimum Gasteiger partial charge on any atom is -0.491 e. The summed E-state index contributed by atoms with van der Waals surface area (Å²) in [6.07, 6.45) is -9.13. The summed E-state index contributed by atoms with van der Waals surface area (Å²) < 4.78 is 92.1. The number of rotatable bonds is 14. The van der Waals surface area contributed by atoms with Crippen LogP contribution in [0.1, 0.15) is 22.3 Å². The van der Waals surface area contributed by atoms with Crippen molar-refractivity contribution in [1.29, 1.82) is 10.5 Å². The van der Waals surface area contributed by atoms with E-state index in [9.17, 15) is 46.5 Å². The number of nitrogens with one attached hydrogen (secondary N) is 1. The summed E-state index contributed by atoms with van der Waals surface area (Å²) in [6.45, 7) is 0.783. The Hall–Kier alpha value is -7.64. The van der Waals surface area contributed by atoms with Gasteiger partial charge in [0.1, 0.15) is 34.5 Å². The topological polar surface area (TPSA) is 141 Å². The van der Waals surface area contributed by atoms with Gasteiger partial charge in [0, 0.05) is 34.5 Å². The van der Waals surface area contributed by atoms with Crippen molar-refractivity contribution in [2.24, 2.45) is 0 Å². The van der Waals surface area contributed by atoms with E-state index in [1.165, 1.54) is 24.3 Å². The highest BCUT2D eigenvalue weighted by Gasteiger charge is 2.32. The van der Waals surface area contributed by atoms with Gasteiger partial charge in [-0.15, -0.1) is 0 Å². The van der Waals surface area contributed by atoms with Gasteiger partial charge in [-0.3, -0.25) is 9.59 Å². The normalized spacial score (nSPS) is 13.7. The Bertz CT molecular complexity index is 3130. The van der Waals surface area contributed by atoms with Crippen molar-refractivity contribution in [3.63, 3.8) is 0 Å². The van der Waals surface area contributed by atoms with Crippen LogP contribution >= 0.6 is 23.5 Å². The smallest absolute Gasteiger partial charge is 0.416 e. The second-order valence-electron chi connectivity index (χ2n) is 15.9. The van der Waals surface area contributed by atoms with Crippen LogP contribution in [-0.2, 0) is 26.7 Å². The van der Waals surface area contributed by atoms with E-state index in [-0.39, 0.29) is 70.6 Å². The van der Waals surface area contributed by atoms with Crippen molar-refractivity contribution in [3.05, 3.63) is 168 Å². The zero-order valence-corrected chi connectivity index (χ0v) is 38.8. The summed E-state index contributed by atoms with van der Waals surface area (Å²) in [5, 5.41) is 23.8. The number of ether oxygens (including phenoxy) is 2. The second-order valence-corrected chi connectivity index (χ2v) is 17.8. The predicted octanol–water partition coefficient (Wildman–Crippen LogP) is 12.1. The van der Waals surface area contributed by atoms with Crippen LogP contribution in [0.2, 0.25) is 0 Å². The van der Waals surface area contributed by atoms with Crippen LogP contribution < -0.4 is 10.1 Å². The minimum absolute atomic E-state index is 0.0273. The molecule has 0 radical (unpaired) electrons. The summed E-state index contributed by atoms with van der Waals surface area (Å²) in [5.41, 5.74) is 2.87. The molecule has 71 heavy (non-hydrogen) atoms. The fourth-order valence-corrected chi connectivity index (χ4v) is 9.33. The SMILES string of the molecule is N#Cc1c(-c2ccc(OCC3COCCN3C(=O)CSc3nc(-c4ccccc4)cc(-c4ccc(C(F)(F)F)cc4)c3C#N)cc2)cc(-c2ccccc2)nc1SCC(=O)Nc1cccc(C(F)(F)F)c1. The summed E-state index contributed by atoms with van der Waals surface area (Å²) in [5.74, 6) is -0.780. The van der Waals surface area contributed by atoms with E-state index >= 15 is 0 Å². The molecule has 1 aliphatic rings. The molecule has 1 aliphatic heterocycles. The molecule has 358 valence electrons. The molecule has 5 aromatic carbocycles. The zero-order chi connectivity index (χ0) is 50.1. The van der Waals surface area contributed by atoms with Gasteiger partial charge in [0.2, 0.25) is 11.8 Å². The monoisotopic (exact) mass is 1000 g/mol. The lowest BCUT2D eigenvalue weighted by Gasteiger charge is -2.35. The lowest BCUT2D eigenvalue weighted by atomic mass is 9.98. The number of nitrogens with zero attached hydrogens (tertiary/aromatic N) is 5. The first-order chi connectivity index (χ1) is 34.2. The van der Waals surface area contributed by atoms with Crippen LogP contribution in [0.25, 0.3) is 44.8 Å². The Morgan fingerprint density at radius 3 is 1.73 bits per heavy atom. The van der Waals surface area contributed by atoms with Gasteiger partial charge in [-0.25, -0.2) is 9.97 Å². The number of nitriles is 2. The van der Waals surface area contributed by atoms with Gasteiger partial charge in [0.05, 0.1) is 64.4 Å². The standard InChI is InChI=1S/C53H38F6N6O4S2/c54-52(55,56)37-18-14-33(15-19-37)42-25-47(36-10-5-2-6-11-36)64-51(45(42)28-61)71-32-49(67)65-22-23-68-29-40(65)30-69-41-20-16-34(17-21-41)43-26-46(35-8-3-1-4-9-35)63-50(44(43)27-60)70-31-48(66)62-39-13-7-12-38(24-39)53(57,58)59/h1-21,24-26,40H,22-23,29-32H2,(H,62,66). The summed E-state index contributed by atoms with van der Waals surface area (Å²) in [6, 6.07) is 41.4. The molecule has 0 aliphatic carbocycles. The van der Waals surface area contributed by atoms with Crippen molar-refractivity contribution in [2.45, 2.75) is 28.4 Å². The fraction of sp³-hybridized carbons (Fsp3) is 0.170. The number of carbonyl (C=O) groups excluding carboxylic acids is 2. The molecule has 1 fully saturated rings. The quantitative estimate of drug-likeness (QED) is 0.0827. The van der Waals surface area contributed by atoms with Gasteiger partial charge in [-0.1, -0.05) is 115 Å². The van der Waals surface area contributed by atoms with E-state index in [1.807, 2.05) is 60.7 Å². The number of carbonyl (C=O) groups is 2. The molecule has 10 nitrogen and oxygen atoms in total. The number of benzene rings is 5. The average Bonchev–Trinajstić information content (AvgIpc) is 3.38. The Balaban J connectivity index is 0.970. The number of anilines is 1. The number of alkyl halides is 6. The number of pyridine rings is 2. The molecule has 2 amide bonds. The van der Waals surface area contributed by atoms with Crippen molar-refractivity contribution >= 4 is 41.0 Å². The van der Waals surface area contributed by atoms with Crippen LogP contribution in [0.3, 0.4) is 0 Å². The van der Waals surface area contributed by atoms with Crippen molar-refractivity contribution in [1.82, 2.24) is 14.9 Å². The number of hydrogen-bond donors (Lipinski definition) is 1. The largest absolute Gasteiger partial charge is 0.491 e. The third-order valence-corrected chi connectivity index (χ3v) is 13.1. The highest BCUT2D eigenvalue weighted by Crippen LogP contribution is 2.38. The minimum atomic E-state index is -4.59. The molecule has 3 heterocycles. The highest BCUT2D eigenvalue weighted by atomic mass is 32.2. The number of thioether (sulfide) groups is 2. The molecular weight excluding hydrogens is 963 g/mol. The second kappa shape index (κ2) is 22.0. The van der Waals surface area contributed by atoms with Gasteiger partial charge in [0.15, 0.2) is 0 Å². The molecule has 2 aromatic heterocycles. The number of halogens is 6. The molecule has 8 rings (SSSR count).